The van der Waals surface area contributed by atoms with Crippen molar-refractivity contribution in [3.63, 3.8) is 0 Å². The fourth-order valence-corrected chi connectivity index (χ4v) is 1.13. The van der Waals surface area contributed by atoms with Crippen molar-refractivity contribution < 1.29 is 4.74 Å². The molecule has 0 aliphatic heterocycles. The Hall–Kier alpha value is -1.32. The zero-order valence-corrected chi connectivity index (χ0v) is 9.92. The lowest BCUT2D eigenvalue weighted by Crippen LogP contribution is -2.26. The van der Waals surface area contributed by atoms with E-state index in [1.807, 2.05) is 34.6 Å². The molecule has 0 unspecified atom stereocenters. The number of aromatic nitrogens is 2. The number of rotatable bonds is 2. The molecule has 4 heteroatoms. The summed E-state index contributed by atoms with van der Waals surface area (Å²) in [5.41, 5.74) is 0.143. The largest absolute Gasteiger partial charge is 0.472 e. The van der Waals surface area contributed by atoms with E-state index < -0.39 is 0 Å². The molecule has 1 heterocycles. The highest BCUT2D eigenvalue weighted by molar-refractivity contribution is 5.16. The summed E-state index contributed by atoms with van der Waals surface area (Å²) in [4.78, 5) is 17.7. The van der Waals surface area contributed by atoms with E-state index in [0.29, 0.717) is 5.88 Å². The van der Waals surface area contributed by atoms with E-state index in [1.54, 1.807) is 6.07 Å². The molecule has 1 N–H and O–H groups in total. The molecule has 15 heavy (non-hydrogen) atoms. The molecule has 0 spiro atoms. The van der Waals surface area contributed by atoms with Crippen molar-refractivity contribution in [3.05, 3.63) is 22.2 Å². The van der Waals surface area contributed by atoms with Crippen LogP contribution in [0.3, 0.4) is 0 Å². The first kappa shape index (κ1) is 11.8. The first-order chi connectivity index (χ1) is 6.78. The van der Waals surface area contributed by atoms with Crippen LogP contribution in [0.1, 0.15) is 46.2 Å². The molecule has 1 rings (SSSR count). The molecule has 84 valence electrons. The summed E-state index contributed by atoms with van der Waals surface area (Å²) in [5, 5.41) is 0. The van der Waals surface area contributed by atoms with Crippen LogP contribution in [0.15, 0.2) is 10.9 Å². The van der Waals surface area contributed by atoms with Crippen molar-refractivity contribution in [2.75, 3.05) is 0 Å². The summed E-state index contributed by atoms with van der Waals surface area (Å²) < 4.78 is 5.54. The average Bonchev–Trinajstić information content (AvgIpc) is 1.99. The number of H-pyrrole nitrogens is 1. The quantitative estimate of drug-likeness (QED) is 0.813. The molecule has 0 aromatic carbocycles. The van der Waals surface area contributed by atoms with Crippen LogP contribution in [0.4, 0.5) is 0 Å². The second-order valence-electron chi connectivity index (χ2n) is 4.85. The first-order valence-corrected chi connectivity index (χ1v) is 5.08. The molecule has 0 radical (unpaired) electrons. The summed E-state index contributed by atoms with van der Waals surface area (Å²) in [7, 11) is 0. The number of ether oxygens (including phenoxy) is 1. The summed E-state index contributed by atoms with van der Waals surface area (Å²) >= 11 is 0. The number of nitrogens with one attached hydrogen (secondary N) is 1. The lowest BCUT2D eigenvalue weighted by molar-refractivity contribution is 0.123. The van der Waals surface area contributed by atoms with E-state index in [9.17, 15) is 4.79 Å². The third kappa shape index (κ3) is 3.73. The fourth-order valence-electron chi connectivity index (χ4n) is 1.13. The van der Waals surface area contributed by atoms with Crippen molar-refractivity contribution in [2.24, 2.45) is 0 Å². The standard InChI is InChI=1S/C11H18N2O2/c1-7(2)8-6-9(13-10(14)12-8)15-11(3,4)5/h6-7H,1-5H3,(H,12,13,14). The second-order valence-corrected chi connectivity index (χ2v) is 4.85. The van der Waals surface area contributed by atoms with E-state index in [4.69, 9.17) is 4.74 Å². The van der Waals surface area contributed by atoms with Gasteiger partial charge in [-0.05, 0) is 26.7 Å². The average molecular weight is 210 g/mol. The molecule has 1 aromatic rings. The highest BCUT2D eigenvalue weighted by atomic mass is 16.5. The summed E-state index contributed by atoms with van der Waals surface area (Å²) in [6, 6.07) is 1.78. The van der Waals surface area contributed by atoms with Gasteiger partial charge in [0.25, 0.3) is 0 Å². The monoisotopic (exact) mass is 210 g/mol. The van der Waals surface area contributed by atoms with Crippen molar-refractivity contribution >= 4 is 0 Å². The smallest absolute Gasteiger partial charge is 0.348 e. The van der Waals surface area contributed by atoms with Crippen LogP contribution in [0.2, 0.25) is 0 Å². The molecule has 0 saturated heterocycles. The van der Waals surface area contributed by atoms with Crippen LogP contribution in [-0.2, 0) is 0 Å². The Bertz CT molecular complexity index is 388. The Balaban J connectivity index is 3.05. The Morgan fingerprint density at radius 2 is 2.00 bits per heavy atom. The van der Waals surface area contributed by atoms with E-state index in [0.717, 1.165) is 5.69 Å². The van der Waals surface area contributed by atoms with Crippen molar-refractivity contribution in [1.29, 1.82) is 0 Å². The van der Waals surface area contributed by atoms with Gasteiger partial charge in [0, 0.05) is 11.8 Å². The highest BCUT2D eigenvalue weighted by Gasteiger charge is 2.14. The molecule has 0 aliphatic carbocycles. The predicted octanol–water partition coefficient (Wildman–Crippen LogP) is 2.07. The van der Waals surface area contributed by atoms with Crippen LogP contribution in [-0.4, -0.2) is 15.6 Å². The summed E-state index contributed by atoms with van der Waals surface area (Å²) in [6.45, 7) is 9.78. The molecular weight excluding hydrogens is 192 g/mol. The van der Waals surface area contributed by atoms with Gasteiger partial charge in [-0.1, -0.05) is 13.8 Å². The Labute approximate surface area is 89.7 Å². The summed E-state index contributed by atoms with van der Waals surface area (Å²) in [6.07, 6.45) is 0. The third-order valence-electron chi connectivity index (χ3n) is 1.77. The van der Waals surface area contributed by atoms with Gasteiger partial charge in [0.1, 0.15) is 5.60 Å². The van der Waals surface area contributed by atoms with Crippen LogP contribution in [0.25, 0.3) is 0 Å². The maximum atomic E-state index is 11.3. The number of hydrogen-bond acceptors (Lipinski definition) is 3. The van der Waals surface area contributed by atoms with E-state index in [2.05, 4.69) is 9.97 Å². The van der Waals surface area contributed by atoms with E-state index >= 15 is 0 Å². The van der Waals surface area contributed by atoms with Crippen molar-refractivity contribution in [2.45, 2.75) is 46.1 Å². The molecular formula is C11H18N2O2. The van der Waals surface area contributed by atoms with Crippen molar-refractivity contribution in [1.82, 2.24) is 9.97 Å². The van der Waals surface area contributed by atoms with Gasteiger partial charge in [-0.3, -0.25) is 0 Å². The SMILES string of the molecule is CC(C)c1cc(OC(C)(C)C)nc(=O)[nH]1. The van der Waals surface area contributed by atoms with Gasteiger partial charge in [0.05, 0.1) is 0 Å². The van der Waals surface area contributed by atoms with Gasteiger partial charge in [0.2, 0.25) is 5.88 Å². The van der Waals surface area contributed by atoms with Gasteiger partial charge in [0.15, 0.2) is 0 Å². The Morgan fingerprint density at radius 1 is 1.40 bits per heavy atom. The summed E-state index contributed by atoms with van der Waals surface area (Å²) in [5.74, 6) is 0.637. The molecule has 0 fully saturated rings. The predicted molar refractivity (Wildman–Crippen MR) is 59.3 cm³/mol. The third-order valence-corrected chi connectivity index (χ3v) is 1.77. The lowest BCUT2D eigenvalue weighted by atomic mass is 10.1. The van der Waals surface area contributed by atoms with Crippen LogP contribution < -0.4 is 10.4 Å². The molecule has 1 aromatic heterocycles. The molecule has 0 amide bonds. The highest BCUT2D eigenvalue weighted by Crippen LogP contribution is 2.17. The molecule has 0 saturated carbocycles. The fraction of sp³-hybridized carbons (Fsp3) is 0.636. The lowest BCUT2D eigenvalue weighted by Gasteiger charge is -2.20. The van der Waals surface area contributed by atoms with Crippen molar-refractivity contribution in [3.8, 4) is 5.88 Å². The van der Waals surface area contributed by atoms with Crippen LogP contribution >= 0.6 is 0 Å². The van der Waals surface area contributed by atoms with Gasteiger partial charge in [-0.15, -0.1) is 0 Å². The molecule has 0 atom stereocenters. The number of hydrogen-bond donors (Lipinski definition) is 1. The zero-order chi connectivity index (χ0) is 11.6. The van der Waals surface area contributed by atoms with Gasteiger partial charge in [-0.2, -0.15) is 4.98 Å². The van der Waals surface area contributed by atoms with E-state index in [1.165, 1.54) is 0 Å². The number of aromatic amines is 1. The minimum Gasteiger partial charge on any atom is -0.472 e. The minimum atomic E-state index is -0.361. The molecule has 4 nitrogen and oxygen atoms in total. The van der Waals surface area contributed by atoms with E-state index in [-0.39, 0.29) is 17.2 Å². The van der Waals surface area contributed by atoms with Crippen LogP contribution in [0.5, 0.6) is 5.88 Å². The maximum absolute atomic E-state index is 11.3. The first-order valence-electron chi connectivity index (χ1n) is 5.08. The molecule has 0 bridgehead atoms. The topological polar surface area (TPSA) is 55.0 Å². The van der Waals surface area contributed by atoms with Gasteiger partial charge < -0.3 is 9.72 Å². The second kappa shape index (κ2) is 4.04. The van der Waals surface area contributed by atoms with Crippen LogP contribution in [0, 0.1) is 0 Å². The van der Waals surface area contributed by atoms with Gasteiger partial charge in [-0.25, -0.2) is 4.79 Å². The van der Waals surface area contributed by atoms with Gasteiger partial charge >= 0.3 is 5.69 Å². The minimum absolute atomic E-state index is 0.253. The maximum Gasteiger partial charge on any atom is 0.348 e. The molecule has 0 aliphatic rings. The number of nitrogens with zero attached hydrogens (tertiary/aromatic N) is 1. The normalized spacial score (nSPS) is 11.9. The Kier molecular flexibility index (Phi) is 3.17. The Morgan fingerprint density at radius 3 is 2.47 bits per heavy atom. The zero-order valence-electron chi connectivity index (χ0n) is 9.92.